The molecule has 1 unspecified atom stereocenters. The fraction of sp³-hybridized carbons (Fsp3) is 0.381. The Labute approximate surface area is 162 Å². The first-order chi connectivity index (χ1) is 10.6. The zero-order valence-electron chi connectivity index (χ0n) is 17.3. The third kappa shape index (κ3) is 4.61. The molecule has 1 nitrogen and oxygen atoms in total. The SMILES string of the molecule is Cc1cc(C(C)(C)C)cc(C)c1PC(=O)c1c(C)cccc1C.[H-].[Li+]. The van der Waals surface area contributed by atoms with Gasteiger partial charge in [0.15, 0.2) is 5.52 Å². The molecular formula is C21H28LiOP. The van der Waals surface area contributed by atoms with E-state index in [9.17, 15) is 4.79 Å². The molecule has 0 radical (unpaired) electrons. The first-order valence-electron chi connectivity index (χ1n) is 8.10. The summed E-state index contributed by atoms with van der Waals surface area (Å²) in [5.41, 5.74) is 7.21. The van der Waals surface area contributed by atoms with E-state index in [1.54, 1.807) is 0 Å². The van der Waals surface area contributed by atoms with E-state index >= 15 is 0 Å². The molecule has 0 amide bonds. The average molecular weight is 334 g/mol. The summed E-state index contributed by atoms with van der Waals surface area (Å²) in [7, 11) is 0.187. The molecule has 2 rings (SSSR count). The topological polar surface area (TPSA) is 17.1 Å². The third-order valence-electron chi connectivity index (χ3n) is 4.35. The van der Waals surface area contributed by atoms with Crippen molar-refractivity contribution < 1.29 is 25.1 Å². The molecule has 0 saturated heterocycles. The Morgan fingerprint density at radius 1 is 0.917 bits per heavy atom. The Kier molecular flexibility index (Phi) is 7.07. The Morgan fingerprint density at radius 2 is 1.38 bits per heavy atom. The second-order valence-corrected chi connectivity index (χ2v) is 8.66. The van der Waals surface area contributed by atoms with Crippen molar-refractivity contribution in [1.82, 2.24) is 0 Å². The van der Waals surface area contributed by atoms with Gasteiger partial charge in [0, 0.05) is 5.56 Å². The summed E-state index contributed by atoms with van der Waals surface area (Å²) >= 11 is 0. The molecule has 0 heterocycles. The minimum atomic E-state index is 0. The maximum atomic E-state index is 12.9. The van der Waals surface area contributed by atoms with Gasteiger partial charge in [0.05, 0.1) is 0 Å². The van der Waals surface area contributed by atoms with Gasteiger partial charge in [-0.1, -0.05) is 51.1 Å². The van der Waals surface area contributed by atoms with E-state index in [1.165, 1.54) is 22.0 Å². The largest absolute Gasteiger partial charge is 1.00 e. The summed E-state index contributed by atoms with van der Waals surface area (Å²) in [6.07, 6.45) is 0. The number of carbonyl (C=O) groups excluding carboxylic acids is 1. The summed E-state index contributed by atoms with van der Waals surface area (Å²) in [6.45, 7) is 15.0. The molecule has 124 valence electrons. The van der Waals surface area contributed by atoms with Crippen LogP contribution in [-0.2, 0) is 5.41 Å². The molecule has 24 heavy (non-hydrogen) atoms. The molecule has 0 spiro atoms. The van der Waals surface area contributed by atoms with Crippen molar-refractivity contribution in [3.8, 4) is 0 Å². The van der Waals surface area contributed by atoms with Crippen LogP contribution in [0.4, 0.5) is 0 Å². The fourth-order valence-electron chi connectivity index (χ4n) is 2.94. The normalized spacial score (nSPS) is 11.6. The number of hydrogen-bond donors (Lipinski definition) is 0. The number of hydrogen-bond acceptors (Lipinski definition) is 1. The maximum absolute atomic E-state index is 12.9. The summed E-state index contributed by atoms with van der Waals surface area (Å²) in [5, 5.41) is 1.20. The Bertz CT molecular complexity index is 720. The van der Waals surface area contributed by atoms with Crippen LogP contribution < -0.4 is 24.2 Å². The first kappa shape index (κ1) is 21.2. The fourth-order valence-corrected chi connectivity index (χ4v) is 4.23. The van der Waals surface area contributed by atoms with Gasteiger partial charge >= 0.3 is 18.9 Å². The molecule has 0 N–H and O–H groups in total. The monoisotopic (exact) mass is 334 g/mol. The molecule has 0 aliphatic carbocycles. The van der Waals surface area contributed by atoms with Crippen LogP contribution in [0.2, 0.25) is 0 Å². The quantitative estimate of drug-likeness (QED) is 0.623. The smallest absolute Gasteiger partial charge is 1.00 e. The van der Waals surface area contributed by atoms with Crippen molar-refractivity contribution in [2.75, 3.05) is 0 Å². The van der Waals surface area contributed by atoms with Crippen LogP contribution >= 0.6 is 8.58 Å². The molecular weight excluding hydrogens is 306 g/mol. The number of aryl methyl sites for hydroxylation is 4. The van der Waals surface area contributed by atoms with Crippen molar-refractivity contribution in [3.05, 3.63) is 63.7 Å². The Balaban J connectivity index is 0.00000288. The number of carbonyl (C=O) groups is 1. The number of benzene rings is 2. The zero-order valence-corrected chi connectivity index (χ0v) is 17.3. The molecule has 0 aliphatic rings. The van der Waals surface area contributed by atoms with E-state index in [-0.39, 0.29) is 39.8 Å². The standard InChI is InChI=1S/C21H27OP.Li.H/c1-13-9-8-10-14(2)18(13)20(22)23-19-15(3)11-17(12-16(19)4)21(5,6)7;;/h8-12,23H,1-7H3;;/q;+1;-1. The molecule has 0 saturated carbocycles. The van der Waals surface area contributed by atoms with Crippen LogP contribution in [0.5, 0.6) is 0 Å². The van der Waals surface area contributed by atoms with E-state index in [1.807, 2.05) is 32.0 Å². The van der Waals surface area contributed by atoms with Crippen molar-refractivity contribution in [3.63, 3.8) is 0 Å². The molecule has 2 aromatic carbocycles. The first-order valence-corrected chi connectivity index (χ1v) is 9.10. The van der Waals surface area contributed by atoms with E-state index in [2.05, 4.69) is 46.8 Å². The van der Waals surface area contributed by atoms with Crippen LogP contribution in [0.1, 0.15) is 60.4 Å². The predicted molar refractivity (Wildman–Crippen MR) is 104 cm³/mol. The van der Waals surface area contributed by atoms with E-state index in [4.69, 9.17) is 0 Å². The minimum Gasteiger partial charge on any atom is -1.00 e. The van der Waals surface area contributed by atoms with Crippen molar-refractivity contribution in [2.24, 2.45) is 0 Å². The summed E-state index contributed by atoms with van der Waals surface area (Å²) in [4.78, 5) is 12.9. The van der Waals surface area contributed by atoms with Crippen molar-refractivity contribution in [1.29, 1.82) is 0 Å². The molecule has 2 aromatic rings. The van der Waals surface area contributed by atoms with Gasteiger partial charge in [0.1, 0.15) is 0 Å². The van der Waals surface area contributed by atoms with E-state index in [0.29, 0.717) is 0 Å². The molecule has 0 fully saturated rings. The van der Waals surface area contributed by atoms with Gasteiger partial charge in [-0.15, -0.1) is 0 Å². The molecule has 3 heteroatoms. The Hall–Kier alpha value is -0.863. The molecule has 1 atom stereocenters. The van der Waals surface area contributed by atoms with Gasteiger partial charge in [-0.25, -0.2) is 0 Å². The van der Waals surface area contributed by atoms with Gasteiger partial charge in [0.2, 0.25) is 0 Å². The summed E-state index contributed by atoms with van der Waals surface area (Å²) in [5.74, 6) is 0. The van der Waals surface area contributed by atoms with Crippen LogP contribution in [0.15, 0.2) is 30.3 Å². The summed E-state index contributed by atoms with van der Waals surface area (Å²) < 4.78 is 0. The average Bonchev–Trinajstić information content (AvgIpc) is 2.41. The zero-order chi connectivity index (χ0) is 17.4. The van der Waals surface area contributed by atoms with Crippen molar-refractivity contribution in [2.45, 2.75) is 53.9 Å². The van der Waals surface area contributed by atoms with Crippen LogP contribution in [-0.4, -0.2) is 5.52 Å². The van der Waals surface area contributed by atoms with Gasteiger partial charge in [-0.2, -0.15) is 0 Å². The predicted octanol–water partition coefficient (Wildman–Crippen LogP) is 2.48. The molecule has 0 bridgehead atoms. The summed E-state index contributed by atoms with van der Waals surface area (Å²) in [6, 6.07) is 10.5. The molecule has 0 aromatic heterocycles. The third-order valence-corrected chi connectivity index (χ3v) is 5.86. The number of rotatable bonds is 3. The van der Waals surface area contributed by atoms with Crippen molar-refractivity contribution >= 4 is 19.4 Å². The van der Waals surface area contributed by atoms with E-state index < -0.39 is 0 Å². The molecule has 0 aliphatic heterocycles. The van der Waals surface area contributed by atoms with E-state index in [0.717, 1.165) is 16.7 Å². The minimum absolute atomic E-state index is 0. The van der Waals surface area contributed by atoms with Gasteiger partial charge in [-0.3, -0.25) is 4.79 Å². The van der Waals surface area contributed by atoms with Crippen LogP contribution in [0.3, 0.4) is 0 Å². The van der Waals surface area contributed by atoms with Crippen LogP contribution in [0.25, 0.3) is 0 Å². The van der Waals surface area contributed by atoms with Gasteiger partial charge in [0.25, 0.3) is 0 Å². The second-order valence-electron chi connectivity index (χ2n) is 7.46. The Morgan fingerprint density at radius 3 is 1.79 bits per heavy atom. The van der Waals surface area contributed by atoms with Gasteiger partial charge < -0.3 is 1.43 Å². The maximum Gasteiger partial charge on any atom is 1.00 e. The van der Waals surface area contributed by atoms with Gasteiger partial charge in [-0.05, 0) is 74.8 Å². The second kappa shape index (κ2) is 8.01. The van der Waals surface area contributed by atoms with Crippen LogP contribution in [0, 0.1) is 27.7 Å².